The first-order valence-electron chi connectivity index (χ1n) is 6.47. The number of hydrogen-bond acceptors (Lipinski definition) is 7. The van der Waals surface area contributed by atoms with Crippen molar-refractivity contribution in [2.45, 2.75) is 31.7 Å². The third-order valence-electron chi connectivity index (χ3n) is 2.91. The number of aromatic nitrogens is 5. The number of carbonyl (C=O) groups excluding carboxylic acids is 1. The number of nitrogens with one attached hydrogen (secondary N) is 1. The fraction of sp³-hybridized carbons (Fsp3) is 0.545. The summed E-state index contributed by atoms with van der Waals surface area (Å²) in [4.78, 5) is 11.8. The van der Waals surface area contributed by atoms with Crippen LogP contribution in [-0.2, 0) is 17.8 Å². The van der Waals surface area contributed by atoms with Crippen LogP contribution in [0, 0.1) is 0 Å². The third-order valence-corrected chi connectivity index (χ3v) is 2.91. The number of rotatable bonds is 6. The largest absolute Gasteiger partial charge is 0.408 e. The van der Waals surface area contributed by atoms with E-state index in [4.69, 9.17) is 10.2 Å². The first-order chi connectivity index (χ1) is 9.74. The lowest BCUT2D eigenvalue weighted by molar-refractivity contribution is -0.117. The standard InChI is InChI=1S/C11H15N7O2/c12-4-3-8-5-18(17-14-8)6-9(19)13-11-16-15-10(20-11)7-1-2-7/h5,7H,1-4,6,12H2,(H,13,16,19). The molecule has 1 aliphatic carbocycles. The molecule has 2 aromatic heterocycles. The van der Waals surface area contributed by atoms with Crippen LogP contribution in [0.3, 0.4) is 0 Å². The minimum atomic E-state index is -0.291. The normalized spacial score (nSPS) is 14.4. The molecule has 3 rings (SSSR count). The van der Waals surface area contributed by atoms with Crippen molar-refractivity contribution in [3.63, 3.8) is 0 Å². The van der Waals surface area contributed by atoms with Gasteiger partial charge in [0.05, 0.1) is 5.69 Å². The second-order valence-electron chi connectivity index (χ2n) is 4.71. The Morgan fingerprint density at radius 1 is 1.45 bits per heavy atom. The molecule has 2 heterocycles. The van der Waals surface area contributed by atoms with Crippen LogP contribution < -0.4 is 11.1 Å². The Balaban J connectivity index is 1.55. The van der Waals surface area contributed by atoms with Crippen LogP contribution in [0.1, 0.15) is 30.3 Å². The molecule has 1 fully saturated rings. The van der Waals surface area contributed by atoms with Gasteiger partial charge in [-0.15, -0.1) is 10.2 Å². The Morgan fingerprint density at radius 3 is 3.05 bits per heavy atom. The summed E-state index contributed by atoms with van der Waals surface area (Å²) in [7, 11) is 0. The first-order valence-corrected chi connectivity index (χ1v) is 6.47. The molecule has 0 aromatic carbocycles. The summed E-state index contributed by atoms with van der Waals surface area (Å²) in [5, 5.41) is 18.0. The zero-order chi connectivity index (χ0) is 13.9. The molecule has 2 aromatic rings. The molecule has 0 atom stereocenters. The van der Waals surface area contributed by atoms with Crippen molar-refractivity contribution in [2.24, 2.45) is 5.73 Å². The summed E-state index contributed by atoms with van der Waals surface area (Å²) >= 11 is 0. The molecule has 0 aliphatic heterocycles. The molecule has 0 unspecified atom stereocenters. The van der Waals surface area contributed by atoms with Gasteiger partial charge >= 0.3 is 6.01 Å². The molecule has 1 aliphatic rings. The minimum Gasteiger partial charge on any atom is -0.408 e. The van der Waals surface area contributed by atoms with Gasteiger partial charge < -0.3 is 10.2 Å². The van der Waals surface area contributed by atoms with E-state index in [-0.39, 0.29) is 18.5 Å². The van der Waals surface area contributed by atoms with Gasteiger partial charge in [0.1, 0.15) is 6.54 Å². The molecule has 0 saturated heterocycles. The number of amides is 1. The summed E-state index contributed by atoms with van der Waals surface area (Å²) in [5.74, 6) is 0.661. The predicted octanol–water partition coefficient (Wildman–Crippen LogP) is -0.322. The zero-order valence-corrected chi connectivity index (χ0v) is 10.8. The molecule has 1 amide bonds. The van der Waals surface area contributed by atoms with Crippen LogP contribution in [0.5, 0.6) is 0 Å². The lowest BCUT2D eigenvalue weighted by Gasteiger charge is -1.99. The molecule has 9 nitrogen and oxygen atoms in total. The number of nitrogens with two attached hydrogens (primary N) is 1. The van der Waals surface area contributed by atoms with Crippen LogP contribution in [-0.4, -0.2) is 37.6 Å². The number of carbonyl (C=O) groups is 1. The zero-order valence-electron chi connectivity index (χ0n) is 10.8. The third kappa shape index (κ3) is 2.99. The highest BCUT2D eigenvalue weighted by atomic mass is 16.4. The fourth-order valence-electron chi connectivity index (χ4n) is 1.76. The van der Waals surface area contributed by atoms with Crippen LogP contribution in [0.25, 0.3) is 0 Å². The summed E-state index contributed by atoms with van der Waals surface area (Å²) < 4.78 is 6.79. The van der Waals surface area contributed by atoms with Gasteiger partial charge in [-0.1, -0.05) is 10.3 Å². The number of anilines is 1. The smallest absolute Gasteiger partial charge is 0.322 e. The van der Waals surface area contributed by atoms with Crippen LogP contribution >= 0.6 is 0 Å². The topological polar surface area (TPSA) is 125 Å². The molecular weight excluding hydrogens is 262 g/mol. The van der Waals surface area contributed by atoms with Crippen molar-refractivity contribution in [3.8, 4) is 0 Å². The molecule has 1 saturated carbocycles. The van der Waals surface area contributed by atoms with Gasteiger partial charge in [0, 0.05) is 18.5 Å². The second kappa shape index (κ2) is 5.37. The van der Waals surface area contributed by atoms with E-state index >= 15 is 0 Å². The van der Waals surface area contributed by atoms with E-state index in [1.165, 1.54) is 4.68 Å². The van der Waals surface area contributed by atoms with Gasteiger partial charge in [-0.3, -0.25) is 10.1 Å². The SMILES string of the molecule is NCCc1cn(CC(=O)Nc2nnc(C3CC3)o2)nn1. The van der Waals surface area contributed by atoms with Crippen LogP contribution in [0.15, 0.2) is 10.6 Å². The predicted molar refractivity (Wildman–Crippen MR) is 67.7 cm³/mol. The maximum atomic E-state index is 11.8. The molecule has 9 heteroatoms. The summed E-state index contributed by atoms with van der Waals surface area (Å²) in [6, 6.07) is 0.124. The monoisotopic (exact) mass is 277 g/mol. The van der Waals surface area contributed by atoms with E-state index in [9.17, 15) is 4.79 Å². The lowest BCUT2D eigenvalue weighted by Crippen LogP contribution is -2.19. The van der Waals surface area contributed by atoms with Gasteiger partial charge in [-0.2, -0.15) is 0 Å². The molecule has 3 N–H and O–H groups in total. The molecule has 0 radical (unpaired) electrons. The molecule has 20 heavy (non-hydrogen) atoms. The fourth-order valence-corrected chi connectivity index (χ4v) is 1.76. The van der Waals surface area contributed by atoms with Gasteiger partial charge in [0.2, 0.25) is 11.8 Å². The van der Waals surface area contributed by atoms with Crippen molar-refractivity contribution in [3.05, 3.63) is 17.8 Å². The van der Waals surface area contributed by atoms with Gasteiger partial charge in [0.15, 0.2) is 0 Å². The molecule has 0 bridgehead atoms. The molecule has 0 spiro atoms. The van der Waals surface area contributed by atoms with E-state index in [2.05, 4.69) is 25.8 Å². The highest BCUT2D eigenvalue weighted by Gasteiger charge is 2.29. The quantitative estimate of drug-likeness (QED) is 0.741. The lowest BCUT2D eigenvalue weighted by atomic mass is 10.3. The highest BCUT2D eigenvalue weighted by Crippen LogP contribution is 2.39. The Bertz CT molecular complexity index is 601. The van der Waals surface area contributed by atoms with E-state index in [0.717, 1.165) is 18.5 Å². The van der Waals surface area contributed by atoms with E-state index in [1.54, 1.807) is 6.20 Å². The second-order valence-corrected chi connectivity index (χ2v) is 4.71. The minimum absolute atomic E-state index is 0.0404. The highest BCUT2D eigenvalue weighted by molar-refractivity contribution is 5.88. The number of nitrogens with zero attached hydrogens (tertiary/aromatic N) is 5. The van der Waals surface area contributed by atoms with Crippen molar-refractivity contribution < 1.29 is 9.21 Å². The van der Waals surface area contributed by atoms with Crippen LogP contribution in [0.4, 0.5) is 6.01 Å². The van der Waals surface area contributed by atoms with Gasteiger partial charge in [-0.25, -0.2) is 4.68 Å². The number of hydrogen-bond donors (Lipinski definition) is 2. The Morgan fingerprint density at radius 2 is 2.30 bits per heavy atom. The first kappa shape index (κ1) is 12.7. The average molecular weight is 277 g/mol. The Kier molecular flexibility index (Phi) is 3.42. The van der Waals surface area contributed by atoms with Gasteiger partial charge in [0.25, 0.3) is 0 Å². The average Bonchev–Trinajstić information content (AvgIpc) is 3.02. The summed E-state index contributed by atoms with van der Waals surface area (Å²) in [6.45, 7) is 0.537. The molecular formula is C11H15N7O2. The van der Waals surface area contributed by atoms with E-state index in [0.29, 0.717) is 24.8 Å². The van der Waals surface area contributed by atoms with E-state index < -0.39 is 0 Å². The maximum Gasteiger partial charge on any atom is 0.322 e. The molecule has 106 valence electrons. The Hall–Kier alpha value is -2.29. The van der Waals surface area contributed by atoms with Gasteiger partial charge in [-0.05, 0) is 19.4 Å². The van der Waals surface area contributed by atoms with Crippen molar-refractivity contribution in [2.75, 3.05) is 11.9 Å². The van der Waals surface area contributed by atoms with Crippen molar-refractivity contribution in [1.29, 1.82) is 0 Å². The van der Waals surface area contributed by atoms with Crippen molar-refractivity contribution in [1.82, 2.24) is 25.2 Å². The van der Waals surface area contributed by atoms with Crippen LogP contribution in [0.2, 0.25) is 0 Å². The van der Waals surface area contributed by atoms with Crippen molar-refractivity contribution >= 4 is 11.9 Å². The summed E-state index contributed by atoms with van der Waals surface area (Å²) in [6.07, 6.45) is 4.46. The summed E-state index contributed by atoms with van der Waals surface area (Å²) in [5.41, 5.74) is 6.18. The van der Waals surface area contributed by atoms with E-state index in [1.807, 2.05) is 0 Å². The maximum absolute atomic E-state index is 11.8. The Labute approximate surface area is 114 Å².